The second-order valence-corrected chi connectivity index (χ2v) is 7.07. The lowest BCUT2D eigenvalue weighted by molar-refractivity contribution is -0.0943. The molecule has 1 unspecified atom stereocenters. The summed E-state index contributed by atoms with van der Waals surface area (Å²) in [6.45, 7) is 7.86. The van der Waals surface area contributed by atoms with E-state index in [1.165, 1.54) is 0 Å². The van der Waals surface area contributed by atoms with Gasteiger partial charge in [0.15, 0.2) is 0 Å². The number of rotatable bonds is 5. The van der Waals surface area contributed by atoms with Crippen LogP contribution in [-0.4, -0.2) is 65.1 Å². The highest BCUT2D eigenvalue weighted by molar-refractivity contribution is 5.67. The van der Waals surface area contributed by atoms with Crippen LogP contribution in [0, 0.1) is 0 Å². The summed E-state index contributed by atoms with van der Waals surface area (Å²) in [6.07, 6.45) is 3.00. The van der Waals surface area contributed by atoms with E-state index >= 15 is 0 Å². The summed E-state index contributed by atoms with van der Waals surface area (Å²) in [5, 5.41) is 12.8. The van der Waals surface area contributed by atoms with E-state index in [1.807, 2.05) is 32.9 Å². The molecule has 0 radical (unpaired) electrons. The number of ether oxygens (including phenoxy) is 2. The van der Waals surface area contributed by atoms with Gasteiger partial charge in [-0.15, -0.1) is 0 Å². The quantitative estimate of drug-likeness (QED) is 0.839. The maximum absolute atomic E-state index is 11.9. The minimum atomic E-state index is -0.668. The third-order valence-corrected chi connectivity index (χ3v) is 3.92. The van der Waals surface area contributed by atoms with Crippen molar-refractivity contribution >= 4 is 6.09 Å². The minimum absolute atomic E-state index is 0.117. The second kappa shape index (κ2) is 7.92. The zero-order valence-electron chi connectivity index (χ0n) is 14.6. The first-order chi connectivity index (χ1) is 11.3. The Balaban J connectivity index is 2.04. The number of carbonyl (C=O) groups is 1. The smallest absolute Gasteiger partial charge is 0.407 e. The summed E-state index contributed by atoms with van der Waals surface area (Å²) in [6, 6.07) is 3.89. The van der Waals surface area contributed by atoms with E-state index in [0.717, 1.165) is 5.56 Å². The molecule has 2 N–H and O–H groups in total. The standard InChI is InChI=1S/C17H27N3O4/c1-16(2,3)24-15(22)19-11-17(12-21)13-23-9-8-20(17)10-14-4-6-18-7-5-14/h4-7,21H,8-13H2,1-3H3,(H,19,22). The van der Waals surface area contributed by atoms with Crippen molar-refractivity contribution in [2.45, 2.75) is 38.5 Å². The van der Waals surface area contributed by atoms with Crippen molar-refractivity contribution in [2.24, 2.45) is 0 Å². The fourth-order valence-electron chi connectivity index (χ4n) is 2.64. The predicted octanol–water partition coefficient (Wildman–Crippen LogP) is 1.17. The van der Waals surface area contributed by atoms with Gasteiger partial charge >= 0.3 is 6.09 Å². The van der Waals surface area contributed by atoms with Crippen molar-refractivity contribution in [1.82, 2.24) is 15.2 Å². The van der Waals surface area contributed by atoms with Gasteiger partial charge in [0.05, 0.1) is 25.4 Å². The Bertz CT molecular complexity index is 532. The molecule has 1 atom stereocenters. The molecule has 0 saturated carbocycles. The van der Waals surface area contributed by atoms with Crippen LogP contribution in [0.5, 0.6) is 0 Å². The fourth-order valence-corrected chi connectivity index (χ4v) is 2.64. The van der Waals surface area contributed by atoms with Gasteiger partial charge in [-0.25, -0.2) is 4.79 Å². The highest BCUT2D eigenvalue weighted by Crippen LogP contribution is 2.22. The molecule has 0 aliphatic carbocycles. The number of nitrogens with zero attached hydrogens (tertiary/aromatic N) is 2. The molecule has 0 spiro atoms. The molecule has 0 bridgehead atoms. The van der Waals surface area contributed by atoms with Crippen LogP contribution in [0.15, 0.2) is 24.5 Å². The lowest BCUT2D eigenvalue weighted by Gasteiger charge is -2.45. The lowest BCUT2D eigenvalue weighted by atomic mass is 9.96. The molecule has 2 heterocycles. The van der Waals surface area contributed by atoms with Gasteiger partial charge in [0.2, 0.25) is 0 Å². The Morgan fingerprint density at radius 3 is 2.79 bits per heavy atom. The number of morpholine rings is 1. The topological polar surface area (TPSA) is 83.9 Å². The number of alkyl carbamates (subject to hydrolysis) is 1. The van der Waals surface area contributed by atoms with Crippen molar-refractivity contribution in [3.8, 4) is 0 Å². The number of carbonyl (C=O) groups excluding carboxylic acids is 1. The first-order valence-electron chi connectivity index (χ1n) is 8.14. The van der Waals surface area contributed by atoms with Crippen LogP contribution in [0.2, 0.25) is 0 Å². The monoisotopic (exact) mass is 337 g/mol. The molecular formula is C17H27N3O4. The van der Waals surface area contributed by atoms with Gasteiger partial charge in [-0.05, 0) is 38.5 Å². The van der Waals surface area contributed by atoms with Gasteiger partial charge in [0, 0.05) is 32.0 Å². The molecule has 1 aromatic rings. The van der Waals surface area contributed by atoms with Crippen molar-refractivity contribution < 1.29 is 19.4 Å². The Morgan fingerprint density at radius 1 is 1.46 bits per heavy atom. The zero-order chi connectivity index (χ0) is 17.6. The van der Waals surface area contributed by atoms with Crippen LogP contribution in [-0.2, 0) is 16.0 Å². The molecule has 1 aliphatic rings. The van der Waals surface area contributed by atoms with Gasteiger partial charge in [-0.2, -0.15) is 0 Å². The minimum Gasteiger partial charge on any atom is -0.444 e. The van der Waals surface area contributed by atoms with Gasteiger partial charge < -0.3 is 19.9 Å². The first kappa shape index (κ1) is 18.6. The summed E-state index contributed by atoms with van der Waals surface area (Å²) in [5.41, 5.74) is -0.128. The maximum atomic E-state index is 11.9. The number of aromatic nitrogens is 1. The Labute approximate surface area is 143 Å². The highest BCUT2D eigenvalue weighted by atomic mass is 16.6. The van der Waals surface area contributed by atoms with E-state index in [2.05, 4.69) is 15.2 Å². The van der Waals surface area contributed by atoms with E-state index in [-0.39, 0.29) is 13.2 Å². The number of nitrogens with one attached hydrogen (secondary N) is 1. The van der Waals surface area contributed by atoms with Gasteiger partial charge in [-0.3, -0.25) is 9.88 Å². The van der Waals surface area contributed by atoms with Crippen molar-refractivity contribution in [3.63, 3.8) is 0 Å². The molecule has 24 heavy (non-hydrogen) atoms. The number of hydrogen-bond acceptors (Lipinski definition) is 6. The summed E-state index contributed by atoms with van der Waals surface area (Å²) in [4.78, 5) is 18.1. The Morgan fingerprint density at radius 2 is 2.17 bits per heavy atom. The van der Waals surface area contributed by atoms with Gasteiger partial charge in [0.25, 0.3) is 0 Å². The van der Waals surface area contributed by atoms with E-state index in [9.17, 15) is 9.90 Å². The fraction of sp³-hybridized carbons (Fsp3) is 0.647. The largest absolute Gasteiger partial charge is 0.444 e. The van der Waals surface area contributed by atoms with Gasteiger partial charge in [0.1, 0.15) is 5.60 Å². The number of hydrogen-bond donors (Lipinski definition) is 2. The van der Waals surface area contributed by atoms with Crippen LogP contribution < -0.4 is 5.32 Å². The summed E-state index contributed by atoms with van der Waals surface area (Å²) in [7, 11) is 0. The molecule has 2 rings (SSSR count). The van der Waals surface area contributed by atoms with Crippen LogP contribution >= 0.6 is 0 Å². The second-order valence-electron chi connectivity index (χ2n) is 7.07. The van der Waals surface area contributed by atoms with Crippen molar-refractivity contribution in [3.05, 3.63) is 30.1 Å². The molecule has 1 saturated heterocycles. The van der Waals surface area contributed by atoms with Crippen molar-refractivity contribution in [1.29, 1.82) is 0 Å². The average molecular weight is 337 g/mol. The highest BCUT2D eigenvalue weighted by Gasteiger charge is 2.40. The van der Waals surface area contributed by atoms with Crippen LogP contribution in [0.1, 0.15) is 26.3 Å². The van der Waals surface area contributed by atoms with Crippen molar-refractivity contribution in [2.75, 3.05) is 32.9 Å². The predicted molar refractivity (Wildman–Crippen MR) is 89.5 cm³/mol. The molecule has 1 amide bonds. The van der Waals surface area contributed by atoms with E-state index in [1.54, 1.807) is 12.4 Å². The third kappa shape index (κ3) is 5.15. The summed E-state index contributed by atoms with van der Waals surface area (Å²) >= 11 is 0. The van der Waals surface area contributed by atoms with Crippen LogP contribution in [0.4, 0.5) is 4.79 Å². The molecule has 134 valence electrons. The Kier molecular flexibility index (Phi) is 6.15. The average Bonchev–Trinajstić information content (AvgIpc) is 2.54. The summed E-state index contributed by atoms with van der Waals surface area (Å²) in [5.74, 6) is 0. The number of amides is 1. The maximum Gasteiger partial charge on any atom is 0.407 e. The number of pyridine rings is 1. The number of aliphatic hydroxyl groups is 1. The zero-order valence-corrected chi connectivity index (χ0v) is 14.6. The normalized spacial score (nSPS) is 22.2. The molecule has 1 aliphatic heterocycles. The SMILES string of the molecule is CC(C)(C)OC(=O)NCC1(CO)COCCN1Cc1ccncc1. The van der Waals surface area contributed by atoms with Gasteiger partial charge in [-0.1, -0.05) is 0 Å². The molecule has 7 nitrogen and oxygen atoms in total. The van der Waals surface area contributed by atoms with Crippen LogP contribution in [0.25, 0.3) is 0 Å². The molecule has 1 fully saturated rings. The van der Waals surface area contributed by atoms with E-state index < -0.39 is 17.2 Å². The molecule has 1 aromatic heterocycles. The molecule has 7 heteroatoms. The Hall–Kier alpha value is -1.70. The first-order valence-corrected chi connectivity index (χ1v) is 8.14. The van der Waals surface area contributed by atoms with Crippen LogP contribution in [0.3, 0.4) is 0 Å². The molecule has 0 aromatic carbocycles. The summed E-state index contributed by atoms with van der Waals surface area (Å²) < 4.78 is 10.8. The van der Waals surface area contributed by atoms with E-state index in [0.29, 0.717) is 26.3 Å². The number of aliphatic hydroxyl groups excluding tert-OH is 1. The van der Waals surface area contributed by atoms with E-state index in [4.69, 9.17) is 9.47 Å². The third-order valence-electron chi connectivity index (χ3n) is 3.92. The lowest BCUT2D eigenvalue weighted by Crippen LogP contribution is -2.64. The molecular weight excluding hydrogens is 310 g/mol.